The number of hydrogen-bond acceptors (Lipinski definition) is 9. The summed E-state index contributed by atoms with van der Waals surface area (Å²) in [5, 5.41) is 20.4. The minimum atomic E-state index is -0.595. The molecule has 0 bridgehead atoms. The topological polar surface area (TPSA) is 121 Å². The average Bonchev–Trinajstić information content (AvgIpc) is 3.25. The van der Waals surface area contributed by atoms with Crippen molar-refractivity contribution >= 4 is 34.3 Å². The van der Waals surface area contributed by atoms with Crippen LogP contribution in [-0.4, -0.2) is 72.1 Å². The van der Waals surface area contributed by atoms with Crippen molar-refractivity contribution in [2.75, 3.05) is 50.1 Å². The smallest absolute Gasteiger partial charge is 0.337 e. The van der Waals surface area contributed by atoms with E-state index in [0.717, 1.165) is 31.6 Å². The molecule has 2 aromatic rings. The van der Waals surface area contributed by atoms with Gasteiger partial charge in [0.1, 0.15) is 5.70 Å². The van der Waals surface area contributed by atoms with Gasteiger partial charge in [-0.15, -0.1) is 0 Å². The number of fused-ring (bicyclic) bond motifs is 1. The summed E-state index contributed by atoms with van der Waals surface area (Å²) < 4.78 is 9.84. The molecule has 1 aromatic carbocycles. The summed E-state index contributed by atoms with van der Waals surface area (Å²) in [7, 11) is 1.27. The predicted octanol–water partition coefficient (Wildman–Crippen LogP) is 1.28. The number of methoxy groups -OCH3 is 1. The van der Waals surface area contributed by atoms with E-state index in [2.05, 4.69) is 20.5 Å². The van der Waals surface area contributed by atoms with Crippen LogP contribution < -0.4 is 10.2 Å². The summed E-state index contributed by atoms with van der Waals surface area (Å²) in [5.41, 5.74) is 2.88. The van der Waals surface area contributed by atoms with Crippen LogP contribution >= 0.6 is 0 Å². The number of amides is 1. The fourth-order valence-corrected chi connectivity index (χ4v) is 4.00. The van der Waals surface area contributed by atoms with Crippen molar-refractivity contribution < 1.29 is 24.1 Å². The number of hydrogen-bond donors (Lipinski definition) is 2. The van der Waals surface area contributed by atoms with E-state index >= 15 is 0 Å². The van der Waals surface area contributed by atoms with E-state index in [4.69, 9.17) is 9.37 Å². The van der Waals surface area contributed by atoms with Crippen LogP contribution in [0.4, 0.5) is 11.4 Å². The molecule has 0 atom stereocenters. The molecule has 0 spiro atoms. The second-order valence-electron chi connectivity index (χ2n) is 7.42. The maximum absolute atomic E-state index is 12.8. The molecular formula is C20H25N5O5. The van der Waals surface area contributed by atoms with E-state index in [1.54, 1.807) is 0 Å². The first-order valence-corrected chi connectivity index (χ1v) is 10.1. The van der Waals surface area contributed by atoms with Gasteiger partial charge in [-0.25, -0.2) is 9.42 Å². The average molecular weight is 415 g/mol. The number of carbonyl (C=O) groups excluding carboxylic acids is 2. The van der Waals surface area contributed by atoms with Gasteiger partial charge in [0.05, 0.1) is 37.2 Å². The van der Waals surface area contributed by atoms with E-state index in [0.29, 0.717) is 16.7 Å². The van der Waals surface area contributed by atoms with Crippen molar-refractivity contribution in [3.8, 4) is 0 Å². The Morgan fingerprint density at radius 1 is 1.20 bits per heavy atom. The summed E-state index contributed by atoms with van der Waals surface area (Å²) in [6.07, 6.45) is 4.68. The van der Waals surface area contributed by atoms with Gasteiger partial charge in [-0.2, -0.15) is 0 Å². The lowest BCUT2D eigenvalue weighted by molar-refractivity contribution is -0.136. The molecule has 3 heterocycles. The van der Waals surface area contributed by atoms with Gasteiger partial charge in [-0.1, -0.05) is 12.8 Å². The van der Waals surface area contributed by atoms with E-state index in [1.807, 2.05) is 12.1 Å². The minimum absolute atomic E-state index is 0.0699. The zero-order valence-corrected chi connectivity index (χ0v) is 16.9. The van der Waals surface area contributed by atoms with Crippen LogP contribution in [-0.2, 0) is 14.3 Å². The van der Waals surface area contributed by atoms with E-state index in [1.165, 1.54) is 24.9 Å². The number of nitrogens with zero attached hydrogens (tertiary/aromatic N) is 4. The normalized spacial score (nSPS) is 17.6. The molecule has 0 unspecified atom stereocenters. The first-order chi connectivity index (χ1) is 14.6. The highest BCUT2D eigenvalue weighted by molar-refractivity contribution is 6.10. The molecule has 1 aromatic heterocycles. The Morgan fingerprint density at radius 3 is 2.63 bits per heavy atom. The summed E-state index contributed by atoms with van der Waals surface area (Å²) in [4.78, 5) is 28.6. The third-order valence-electron chi connectivity index (χ3n) is 5.55. The maximum atomic E-state index is 12.8. The van der Waals surface area contributed by atoms with Gasteiger partial charge in [-0.3, -0.25) is 4.79 Å². The molecule has 0 radical (unpaired) electrons. The lowest BCUT2D eigenvalue weighted by Gasteiger charge is -2.23. The Morgan fingerprint density at radius 2 is 1.93 bits per heavy atom. The third-order valence-corrected chi connectivity index (χ3v) is 5.55. The van der Waals surface area contributed by atoms with Gasteiger partial charge in [0.15, 0.2) is 11.0 Å². The largest absolute Gasteiger partial charge is 0.466 e. The predicted molar refractivity (Wildman–Crippen MR) is 109 cm³/mol. The molecule has 10 nitrogen and oxygen atoms in total. The maximum Gasteiger partial charge on any atom is 0.337 e. The number of benzene rings is 1. The number of aliphatic hydroxyl groups is 1. The summed E-state index contributed by atoms with van der Waals surface area (Å²) in [6, 6.07) is 3.75. The monoisotopic (exact) mass is 415 g/mol. The number of nitrogens with one attached hydrogen (secondary N) is 1. The number of β-amino-alcohol motifs (C(OH)–C–C–N with tert-alkyl or cyclic N) is 1. The molecule has 2 N–H and O–H groups in total. The first kappa shape index (κ1) is 20.1. The van der Waals surface area contributed by atoms with Crippen molar-refractivity contribution in [2.45, 2.75) is 25.7 Å². The molecule has 1 amide bonds. The molecule has 2 aliphatic rings. The Hall–Kier alpha value is -3.14. The highest BCUT2D eigenvalue weighted by Gasteiger charge is 2.35. The zero-order valence-electron chi connectivity index (χ0n) is 16.9. The van der Waals surface area contributed by atoms with Crippen LogP contribution in [0.3, 0.4) is 0 Å². The third kappa shape index (κ3) is 3.70. The van der Waals surface area contributed by atoms with Gasteiger partial charge < -0.3 is 25.0 Å². The second-order valence-corrected chi connectivity index (χ2v) is 7.42. The molecule has 1 fully saturated rings. The number of rotatable bonds is 6. The van der Waals surface area contributed by atoms with E-state index in [-0.39, 0.29) is 36.9 Å². The molecule has 10 heteroatoms. The number of esters is 1. The van der Waals surface area contributed by atoms with Crippen LogP contribution in [0.5, 0.6) is 0 Å². The molecule has 160 valence electrons. The van der Waals surface area contributed by atoms with Gasteiger partial charge in [0.2, 0.25) is 0 Å². The minimum Gasteiger partial charge on any atom is -0.466 e. The van der Waals surface area contributed by atoms with Gasteiger partial charge in [0.25, 0.3) is 5.91 Å². The van der Waals surface area contributed by atoms with Crippen LogP contribution in [0.2, 0.25) is 0 Å². The van der Waals surface area contributed by atoms with E-state index < -0.39 is 5.97 Å². The fraction of sp³-hybridized carbons (Fsp3) is 0.500. The van der Waals surface area contributed by atoms with Gasteiger partial charge >= 0.3 is 5.97 Å². The molecule has 0 aliphatic carbocycles. The molecular weight excluding hydrogens is 390 g/mol. The lowest BCUT2D eigenvalue weighted by Crippen LogP contribution is -2.31. The Balaban J connectivity index is 1.68. The number of anilines is 2. The van der Waals surface area contributed by atoms with Crippen molar-refractivity contribution in [2.24, 2.45) is 0 Å². The first-order valence-electron chi connectivity index (χ1n) is 10.1. The van der Waals surface area contributed by atoms with Crippen molar-refractivity contribution in [3.05, 3.63) is 23.4 Å². The molecule has 30 heavy (non-hydrogen) atoms. The van der Waals surface area contributed by atoms with E-state index in [9.17, 15) is 14.7 Å². The van der Waals surface area contributed by atoms with Crippen molar-refractivity contribution in [3.63, 3.8) is 0 Å². The Labute approximate surface area is 173 Å². The highest BCUT2D eigenvalue weighted by atomic mass is 16.6. The SMILES string of the molecule is COC(=O)C1=C(Nc2ccc(N3CCCCCC3)c3nonc23)C(=O)N(CCO)C1. The number of aliphatic hydroxyl groups excluding tert-OH is 1. The zero-order chi connectivity index (χ0) is 21.1. The van der Waals surface area contributed by atoms with Crippen LogP contribution in [0.15, 0.2) is 28.0 Å². The molecule has 0 saturated carbocycles. The second kappa shape index (κ2) is 8.70. The fourth-order valence-electron chi connectivity index (χ4n) is 4.00. The van der Waals surface area contributed by atoms with Crippen LogP contribution in [0.25, 0.3) is 11.0 Å². The molecule has 4 rings (SSSR count). The highest BCUT2D eigenvalue weighted by Crippen LogP contribution is 2.33. The standard InChI is InChI=1S/C20H25N5O5/c1-29-20(28)13-12-25(10-11-26)19(27)16(13)21-14-6-7-15(18-17(14)22-30-23-18)24-8-4-2-3-5-9-24/h6-7,21,26H,2-5,8-12H2,1H3. The molecule has 2 aliphatic heterocycles. The number of ether oxygens (including phenoxy) is 1. The quantitative estimate of drug-likeness (QED) is 0.672. The molecule has 1 saturated heterocycles. The summed E-state index contributed by atoms with van der Waals surface area (Å²) in [5.74, 6) is -0.979. The number of aromatic nitrogens is 2. The van der Waals surface area contributed by atoms with Gasteiger partial charge in [-0.05, 0) is 35.3 Å². The van der Waals surface area contributed by atoms with Crippen LogP contribution in [0, 0.1) is 0 Å². The lowest BCUT2D eigenvalue weighted by atomic mass is 10.1. The van der Waals surface area contributed by atoms with Gasteiger partial charge in [0, 0.05) is 19.6 Å². The summed E-state index contributed by atoms with van der Waals surface area (Å²) >= 11 is 0. The Kier molecular flexibility index (Phi) is 5.84. The Bertz CT molecular complexity index is 977. The van der Waals surface area contributed by atoms with Crippen molar-refractivity contribution in [1.29, 1.82) is 0 Å². The van der Waals surface area contributed by atoms with Crippen molar-refractivity contribution in [1.82, 2.24) is 15.2 Å². The summed E-state index contributed by atoms with van der Waals surface area (Å²) in [6.45, 7) is 1.89. The number of carbonyl (C=O) groups is 2. The van der Waals surface area contributed by atoms with Crippen LogP contribution in [0.1, 0.15) is 25.7 Å².